The van der Waals surface area contributed by atoms with Crippen LogP contribution in [0.15, 0.2) is 40.3 Å². The predicted molar refractivity (Wildman–Crippen MR) is 153 cm³/mol. The van der Waals surface area contributed by atoms with Crippen LogP contribution in [0.5, 0.6) is 5.75 Å². The van der Waals surface area contributed by atoms with Crippen LogP contribution in [0.2, 0.25) is 5.02 Å². The lowest BCUT2D eigenvalue weighted by molar-refractivity contribution is -0.124. The maximum Gasteiger partial charge on any atom is 0.411 e. The molecule has 13 heteroatoms. The van der Waals surface area contributed by atoms with Gasteiger partial charge in [-0.05, 0) is 70.0 Å². The van der Waals surface area contributed by atoms with Crippen molar-refractivity contribution in [3.05, 3.63) is 52.3 Å². The molecule has 0 bridgehead atoms. The number of primary amides is 1. The number of nitrogens with zero attached hydrogens (tertiary/aromatic N) is 4. The fourth-order valence-electron chi connectivity index (χ4n) is 3.56. The van der Waals surface area contributed by atoms with E-state index >= 15 is 0 Å². The molecule has 1 unspecified atom stereocenters. The summed E-state index contributed by atoms with van der Waals surface area (Å²) >= 11 is 6.84. The molecule has 0 aliphatic carbocycles. The van der Waals surface area contributed by atoms with E-state index in [1.54, 1.807) is 26.8 Å². The van der Waals surface area contributed by atoms with E-state index in [2.05, 4.69) is 15.3 Å². The van der Waals surface area contributed by atoms with Crippen molar-refractivity contribution in [2.45, 2.75) is 46.3 Å². The van der Waals surface area contributed by atoms with Gasteiger partial charge < -0.3 is 20.0 Å². The fourth-order valence-corrected chi connectivity index (χ4v) is 4.46. The van der Waals surface area contributed by atoms with Crippen molar-refractivity contribution in [2.75, 3.05) is 25.0 Å². The Morgan fingerprint density at radius 1 is 1.23 bits per heavy atom. The SMILES string of the molecule is Cc1cc(OSN2CCN(C(=O)OC(C)(C)C)C(C(N)=O)C2)c(C)cc1NC=NC=Nc1cccc(Cl)c1F. The molecule has 2 aromatic rings. The Balaban J connectivity index is 1.57. The van der Waals surface area contributed by atoms with Gasteiger partial charge in [-0.15, -0.1) is 0 Å². The van der Waals surface area contributed by atoms with Crippen molar-refractivity contribution in [3.63, 3.8) is 0 Å². The van der Waals surface area contributed by atoms with E-state index in [4.69, 9.17) is 26.3 Å². The summed E-state index contributed by atoms with van der Waals surface area (Å²) in [5.41, 5.74) is 7.55. The number of amides is 2. The standard InChI is InChI=1S/C26H32ClFN6O4S/c1-16-12-22(17(2)11-20(16)32-15-30-14-31-19-8-6-7-18(27)23(19)28)38-39-33-9-10-34(21(13-33)24(29)35)25(36)37-26(3,4)5/h6-8,11-12,14-15,21H,9-10,13H2,1-5H3,(H2,29,35)(H,30,31,32). The van der Waals surface area contributed by atoms with E-state index in [1.165, 1.54) is 29.7 Å². The lowest BCUT2D eigenvalue weighted by Crippen LogP contribution is -2.59. The van der Waals surface area contributed by atoms with E-state index in [-0.39, 0.29) is 23.8 Å². The summed E-state index contributed by atoms with van der Waals surface area (Å²) in [6.07, 6.45) is 2.09. The number of nitrogens with two attached hydrogens (primary N) is 1. The minimum absolute atomic E-state index is 0.00549. The molecular formula is C26H32ClFN6O4S. The summed E-state index contributed by atoms with van der Waals surface area (Å²) in [6.45, 7) is 10.0. The summed E-state index contributed by atoms with van der Waals surface area (Å²) in [7, 11) is 0. The van der Waals surface area contributed by atoms with Crippen LogP contribution in [-0.4, -0.2) is 65.2 Å². The van der Waals surface area contributed by atoms with Gasteiger partial charge in [0.2, 0.25) is 5.91 Å². The Hall–Kier alpha value is -3.35. The molecule has 39 heavy (non-hydrogen) atoms. The molecule has 10 nitrogen and oxygen atoms in total. The van der Waals surface area contributed by atoms with Crippen LogP contribution in [0.25, 0.3) is 0 Å². The maximum atomic E-state index is 13.9. The zero-order valence-electron chi connectivity index (χ0n) is 22.4. The number of anilines is 1. The highest BCUT2D eigenvalue weighted by atomic mass is 35.5. The number of benzene rings is 2. The first-order valence-corrected chi connectivity index (χ1v) is 13.2. The number of halogens is 2. The molecule has 0 saturated carbocycles. The van der Waals surface area contributed by atoms with Crippen molar-refractivity contribution in [1.82, 2.24) is 9.21 Å². The van der Waals surface area contributed by atoms with E-state index in [0.29, 0.717) is 12.3 Å². The van der Waals surface area contributed by atoms with Crippen LogP contribution in [0, 0.1) is 19.7 Å². The lowest BCUT2D eigenvalue weighted by atomic mass is 10.1. The van der Waals surface area contributed by atoms with E-state index in [1.807, 2.05) is 30.3 Å². The summed E-state index contributed by atoms with van der Waals surface area (Å²) in [6, 6.07) is 7.49. The van der Waals surface area contributed by atoms with Crippen LogP contribution < -0.4 is 15.2 Å². The second-order valence-electron chi connectivity index (χ2n) is 9.81. The fraction of sp³-hybridized carbons (Fsp3) is 0.385. The van der Waals surface area contributed by atoms with Crippen LogP contribution in [0.4, 0.5) is 20.6 Å². The number of aliphatic imine (C=N–C) groups is 2. The van der Waals surface area contributed by atoms with Crippen LogP contribution in [-0.2, 0) is 9.53 Å². The quantitative estimate of drug-likeness (QED) is 0.190. The molecule has 0 spiro atoms. The maximum absolute atomic E-state index is 13.9. The first kappa shape index (κ1) is 30.2. The normalized spacial score (nSPS) is 16.6. The minimum Gasteiger partial charge on any atom is -0.444 e. The van der Waals surface area contributed by atoms with Crippen LogP contribution >= 0.6 is 23.8 Å². The second kappa shape index (κ2) is 13.1. The van der Waals surface area contributed by atoms with E-state index in [9.17, 15) is 14.0 Å². The number of rotatable bonds is 8. The van der Waals surface area contributed by atoms with Crippen molar-refractivity contribution in [2.24, 2.45) is 15.7 Å². The number of carbonyl (C=O) groups is 2. The molecule has 1 heterocycles. The van der Waals surface area contributed by atoms with Gasteiger partial charge in [-0.1, -0.05) is 17.7 Å². The first-order valence-electron chi connectivity index (χ1n) is 12.1. The third-order valence-corrected chi connectivity index (χ3v) is 6.63. The molecule has 210 valence electrons. The number of aryl methyl sites for hydroxylation is 2. The average Bonchev–Trinajstić information content (AvgIpc) is 2.86. The van der Waals surface area contributed by atoms with Crippen molar-refractivity contribution >= 4 is 59.9 Å². The van der Waals surface area contributed by atoms with Gasteiger partial charge in [0.25, 0.3) is 0 Å². The number of ether oxygens (including phenoxy) is 1. The van der Waals surface area contributed by atoms with Crippen molar-refractivity contribution in [3.8, 4) is 5.75 Å². The average molecular weight is 579 g/mol. The summed E-state index contributed by atoms with van der Waals surface area (Å²) in [5, 5.41) is 3.07. The molecule has 1 saturated heterocycles. The lowest BCUT2D eigenvalue weighted by Gasteiger charge is -2.38. The van der Waals surface area contributed by atoms with Gasteiger partial charge in [-0.2, -0.15) is 0 Å². The molecule has 1 aliphatic heterocycles. The van der Waals surface area contributed by atoms with Gasteiger partial charge in [0.1, 0.15) is 41.6 Å². The van der Waals surface area contributed by atoms with Gasteiger partial charge >= 0.3 is 6.09 Å². The predicted octanol–water partition coefficient (Wildman–Crippen LogP) is 5.24. The van der Waals surface area contributed by atoms with Crippen molar-refractivity contribution < 1.29 is 22.9 Å². The smallest absolute Gasteiger partial charge is 0.411 e. The molecule has 2 aromatic carbocycles. The Morgan fingerprint density at radius 2 is 1.97 bits per heavy atom. The van der Waals surface area contributed by atoms with Crippen molar-refractivity contribution in [1.29, 1.82) is 0 Å². The van der Waals surface area contributed by atoms with Gasteiger partial charge in [0, 0.05) is 25.3 Å². The number of carbonyl (C=O) groups excluding carboxylic acids is 2. The Kier molecular flexibility index (Phi) is 10.2. The summed E-state index contributed by atoms with van der Waals surface area (Å²) in [5.74, 6) is -0.574. The number of piperazine rings is 1. The highest BCUT2D eigenvalue weighted by Crippen LogP contribution is 2.30. The molecule has 3 N–H and O–H groups in total. The van der Waals surface area contributed by atoms with Crippen LogP contribution in [0.1, 0.15) is 31.9 Å². The summed E-state index contributed by atoms with van der Waals surface area (Å²) < 4.78 is 27.1. The van der Waals surface area contributed by atoms with E-state index in [0.717, 1.165) is 29.0 Å². The highest BCUT2D eigenvalue weighted by Gasteiger charge is 2.37. The topological polar surface area (TPSA) is 122 Å². The number of hydrogen-bond donors (Lipinski definition) is 2. The Bertz CT molecular complexity index is 1270. The minimum atomic E-state index is -0.836. The third kappa shape index (κ3) is 8.57. The highest BCUT2D eigenvalue weighted by molar-refractivity contribution is 7.92. The molecular weight excluding hydrogens is 547 g/mol. The molecule has 0 aromatic heterocycles. The first-order chi connectivity index (χ1) is 18.4. The van der Waals surface area contributed by atoms with Gasteiger partial charge in [0.15, 0.2) is 5.82 Å². The second-order valence-corrected chi connectivity index (χ2v) is 11.0. The largest absolute Gasteiger partial charge is 0.444 e. The molecule has 1 aliphatic rings. The molecule has 1 fully saturated rings. The zero-order valence-corrected chi connectivity index (χ0v) is 24.0. The van der Waals surface area contributed by atoms with Crippen LogP contribution in [0.3, 0.4) is 0 Å². The number of nitrogens with one attached hydrogen (secondary N) is 1. The molecule has 0 radical (unpaired) electrons. The number of hydrogen-bond acceptors (Lipinski definition) is 7. The van der Waals surface area contributed by atoms with E-state index < -0.39 is 29.5 Å². The van der Waals surface area contributed by atoms with Gasteiger partial charge in [0.05, 0.1) is 11.4 Å². The third-order valence-electron chi connectivity index (χ3n) is 5.54. The Morgan fingerprint density at radius 3 is 2.67 bits per heavy atom. The molecule has 3 rings (SSSR count). The Labute approximate surface area is 236 Å². The van der Waals surface area contributed by atoms with Gasteiger partial charge in [-0.25, -0.2) is 23.5 Å². The zero-order chi connectivity index (χ0) is 28.7. The van der Waals surface area contributed by atoms with Gasteiger partial charge in [-0.3, -0.25) is 9.69 Å². The molecule has 1 atom stereocenters. The monoisotopic (exact) mass is 578 g/mol. The summed E-state index contributed by atoms with van der Waals surface area (Å²) in [4.78, 5) is 33.9. The molecule has 2 amide bonds.